The lowest BCUT2D eigenvalue weighted by Crippen LogP contribution is -2.21. The molecule has 0 spiro atoms. The van der Waals surface area contributed by atoms with E-state index in [-0.39, 0.29) is 10.9 Å². The standard InChI is InChI=1S/C10H16N2O3S/c1-6-8(4-12(3)11-6)10(15)9(14)5-16-7(2)13/h4,9-10,14-15H,5H2,1-3H3. The van der Waals surface area contributed by atoms with Crippen molar-refractivity contribution in [1.82, 2.24) is 9.78 Å². The molecule has 2 N–H and O–H groups in total. The van der Waals surface area contributed by atoms with Crippen LogP contribution in [0.4, 0.5) is 0 Å². The van der Waals surface area contributed by atoms with Crippen molar-refractivity contribution in [3.8, 4) is 0 Å². The Morgan fingerprint density at radius 1 is 1.62 bits per heavy atom. The van der Waals surface area contributed by atoms with Crippen molar-refractivity contribution < 1.29 is 15.0 Å². The molecule has 0 aliphatic heterocycles. The maximum absolute atomic E-state index is 10.7. The summed E-state index contributed by atoms with van der Waals surface area (Å²) in [4.78, 5) is 10.7. The second-order valence-electron chi connectivity index (χ2n) is 3.66. The lowest BCUT2D eigenvalue weighted by molar-refractivity contribution is -0.109. The fourth-order valence-electron chi connectivity index (χ4n) is 1.41. The molecule has 0 aromatic carbocycles. The highest BCUT2D eigenvalue weighted by atomic mass is 32.2. The molecule has 90 valence electrons. The predicted molar refractivity (Wildman–Crippen MR) is 62.1 cm³/mol. The number of thioether (sulfide) groups is 1. The molecule has 1 rings (SSSR count). The Kier molecular flexibility index (Phi) is 4.52. The monoisotopic (exact) mass is 244 g/mol. The summed E-state index contributed by atoms with van der Waals surface area (Å²) in [5.41, 5.74) is 1.28. The first kappa shape index (κ1) is 13.2. The van der Waals surface area contributed by atoms with Crippen LogP contribution in [0.5, 0.6) is 0 Å². The summed E-state index contributed by atoms with van der Waals surface area (Å²) >= 11 is 0.999. The minimum absolute atomic E-state index is 0.0749. The highest BCUT2D eigenvalue weighted by Gasteiger charge is 2.22. The molecule has 0 radical (unpaired) electrons. The van der Waals surface area contributed by atoms with Gasteiger partial charge in [-0.15, -0.1) is 0 Å². The predicted octanol–water partition coefficient (Wildman–Crippen LogP) is 0.403. The van der Waals surface area contributed by atoms with Crippen LogP contribution in [0.1, 0.15) is 24.3 Å². The van der Waals surface area contributed by atoms with E-state index in [2.05, 4.69) is 5.10 Å². The summed E-state index contributed by atoms with van der Waals surface area (Å²) in [5, 5.41) is 23.6. The Morgan fingerprint density at radius 3 is 2.69 bits per heavy atom. The molecule has 1 aromatic heterocycles. The Hall–Kier alpha value is -0.850. The normalized spacial score (nSPS) is 14.8. The molecule has 0 saturated carbocycles. The van der Waals surface area contributed by atoms with E-state index in [1.807, 2.05) is 0 Å². The number of hydrogen-bond acceptors (Lipinski definition) is 5. The number of carbonyl (C=O) groups excluding carboxylic acids is 1. The van der Waals surface area contributed by atoms with Gasteiger partial charge in [-0.3, -0.25) is 9.48 Å². The summed E-state index contributed by atoms with van der Waals surface area (Å²) in [5.74, 6) is 0.185. The van der Waals surface area contributed by atoms with E-state index in [0.29, 0.717) is 11.3 Å². The van der Waals surface area contributed by atoms with Crippen LogP contribution in [0.2, 0.25) is 0 Å². The molecule has 1 aromatic rings. The van der Waals surface area contributed by atoms with Gasteiger partial charge in [0, 0.05) is 31.5 Å². The van der Waals surface area contributed by atoms with Gasteiger partial charge in [0.15, 0.2) is 5.12 Å². The molecule has 0 fully saturated rings. The molecule has 2 unspecified atom stereocenters. The molecule has 0 aliphatic carbocycles. The quantitative estimate of drug-likeness (QED) is 0.802. The number of aromatic nitrogens is 2. The number of carbonyl (C=O) groups is 1. The van der Waals surface area contributed by atoms with Gasteiger partial charge < -0.3 is 10.2 Å². The molecule has 5 nitrogen and oxygen atoms in total. The van der Waals surface area contributed by atoms with Crippen molar-refractivity contribution in [3.05, 3.63) is 17.5 Å². The van der Waals surface area contributed by atoms with Crippen LogP contribution in [-0.2, 0) is 11.8 Å². The number of aliphatic hydroxyl groups is 2. The summed E-state index contributed by atoms with van der Waals surface area (Å²) in [6, 6.07) is 0. The Morgan fingerprint density at radius 2 is 2.25 bits per heavy atom. The molecule has 0 saturated heterocycles. The number of hydrogen-bond donors (Lipinski definition) is 2. The van der Waals surface area contributed by atoms with E-state index < -0.39 is 12.2 Å². The van der Waals surface area contributed by atoms with E-state index in [1.54, 1.807) is 24.9 Å². The Bertz CT molecular complexity index is 378. The lowest BCUT2D eigenvalue weighted by atomic mass is 10.1. The largest absolute Gasteiger partial charge is 0.389 e. The maximum Gasteiger partial charge on any atom is 0.185 e. The molecule has 6 heteroatoms. The third-order valence-electron chi connectivity index (χ3n) is 2.19. The van der Waals surface area contributed by atoms with Crippen molar-refractivity contribution in [2.75, 3.05) is 5.75 Å². The first-order chi connectivity index (χ1) is 7.41. The number of aryl methyl sites for hydroxylation is 2. The summed E-state index contributed by atoms with van der Waals surface area (Å²) in [7, 11) is 1.75. The van der Waals surface area contributed by atoms with Crippen LogP contribution in [0.3, 0.4) is 0 Å². The van der Waals surface area contributed by atoms with E-state index in [4.69, 9.17) is 0 Å². The van der Waals surface area contributed by atoms with Gasteiger partial charge in [-0.1, -0.05) is 11.8 Å². The van der Waals surface area contributed by atoms with E-state index >= 15 is 0 Å². The lowest BCUT2D eigenvalue weighted by Gasteiger charge is -2.16. The zero-order valence-electron chi connectivity index (χ0n) is 9.54. The highest BCUT2D eigenvalue weighted by molar-refractivity contribution is 8.13. The molecule has 0 aliphatic rings. The fourth-order valence-corrected chi connectivity index (χ4v) is 2.00. The molecular formula is C10H16N2O3S. The van der Waals surface area contributed by atoms with E-state index in [9.17, 15) is 15.0 Å². The van der Waals surface area contributed by atoms with Crippen LogP contribution < -0.4 is 0 Å². The molecule has 0 bridgehead atoms. The molecular weight excluding hydrogens is 228 g/mol. The van der Waals surface area contributed by atoms with Crippen molar-refractivity contribution in [3.63, 3.8) is 0 Å². The second kappa shape index (κ2) is 5.47. The van der Waals surface area contributed by atoms with Gasteiger partial charge in [0.1, 0.15) is 6.10 Å². The average Bonchev–Trinajstić information content (AvgIpc) is 2.53. The first-order valence-electron chi connectivity index (χ1n) is 4.91. The minimum Gasteiger partial charge on any atom is -0.389 e. The number of aliphatic hydroxyl groups excluding tert-OH is 2. The Labute approximate surface area is 98.5 Å². The minimum atomic E-state index is -0.999. The van der Waals surface area contributed by atoms with E-state index in [1.165, 1.54) is 6.92 Å². The van der Waals surface area contributed by atoms with Crippen molar-refractivity contribution in [2.45, 2.75) is 26.1 Å². The van der Waals surface area contributed by atoms with Gasteiger partial charge in [0.05, 0.1) is 11.8 Å². The van der Waals surface area contributed by atoms with Crippen molar-refractivity contribution in [1.29, 1.82) is 0 Å². The summed E-state index contributed by atoms with van der Waals surface area (Å²) in [6.45, 7) is 3.20. The van der Waals surface area contributed by atoms with Gasteiger partial charge in [-0.2, -0.15) is 5.10 Å². The summed E-state index contributed by atoms with van der Waals surface area (Å²) < 4.78 is 1.58. The van der Waals surface area contributed by atoms with Crippen LogP contribution in [-0.4, -0.2) is 37.0 Å². The SMILES string of the molecule is CC(=O)SCC(O)C(O)c1cn(C)nc1C. The van der Waals surface area contributed by atoms with Crippen LogP contribution in [0.25, 0.3) is 0 Å². The fraction of sp³-hybridized carbons (Fsp3) is 0.600. The van der Waals surface area contributed by atoms with Crippen LogP contribution >= 0.6 is 11.8 Å². The van der Waals surface area contributed by atoms with Gasteiger partial charge >= 0.3 is 0 Å². The molecule has 0 amide bonds. The number of nitrogens with zero attached hydrogens (tertiary/aromatic N) is 2. The zero-order valence-corrected chi connectivity index (χ0v) is 10.4. The molecule has 2 atom stereocenters. The van der Waals surface area contributed by atoms with Gasteiger partial charge in [0.2, 0.25) is 0 Å². The van der Waals surface area contributed by atoms with Gasteiger partial charge in [-0.05, 0) is 6.92 Å². The third-order valence-corrected chi connectivity index (χ3v) is 3.11. The van der Waals surface area contributed by atoms with E-state index in [0.717, 1.165) is 11.8 Å². The smallest absolute Gasteiger partial charge is 0.185 e. The molecule has 1 heterocycles. The third kappa shape index (κ3) is 3.33. The summed E-state index contributed by atoms with van der Waals surface area (Å²) in [6.07, 6.45) is -0.292. The maximum atomic E-state index is 10.7. The number of rotatable bonds is 4. The highest BCUT2D eigenvalue weighted by Crippen LogP contribution is 2.22. The Balaban J connectivity index is 2.66. The van der Waals surface area contributed by atoms with Crippen molar-refractivity contribution in [2.24, 2.45) is 7.05 Å². The topological polar surface area (TPSA) is 75.3 Å². The second-order valence-corrected chi connectivity index (χ2v) is 4.86. The van der Waals surface area contributed by atoms with Crippen LogP contribution in [0, 0.1) is 6.92 Å². The van der Waals surface area contributed by atoms with Crippen molar-refractivity contribution >= 4 is 16.9 Å². The zero-order chi connectivity index (χ0) is 12.3. The van der Waals surface area contributed by atoms with Gasteiger partial charge in [-0.25, -0.2) is 0 Å². The first-order valence-corrected chi connectivity index (χ1v) is 5.90. The van der Waals surface area contributed by atoms with Crippen LogP contribution in [0.15, 0.2) is 6.20 Å². The van der Waals surface area contributed by atoms with Gasteiger partial charge in [0.25, 0.3) is 0 Å². The average molecular weight is 244 g/mol. The molecule has 16 heavy (non-hydrogen) atoms.